The number of rotatable bonds is 5. The third kappa shape index (κ3) is 2.78. The minimum Gasteiger partial charge on any atom is -0.383 e. The second kappa shape index (κ2) is 6.35. The van der Waals surface area contributed by atoms with Gasteiger partial charge in [-0.15, -0.1) is 11.3 Å². The van der Waals surface area contributed by atoms with E-state index in [4.69, 9.17) is 9.72 Å². The zero-order valence-corrected chi connectivity index (χ0v) is 14.4. The van der Waals surface area contributed by atoms with Crippen molar-refractivity contribution in [2.45, 2.75) is 57.9 Å². The Morgan fingerprint density at radius 1 is 1.33 bits per heavy atom. The average Bonchev–Trinajstić information content (AvgIpc) is 3.05. The third-order valence-corrected chi connectivity index (χ3v) is 6.92. The summed E-state index contributed by atoms with van der Waals surface area (Å²) in [6, 6.07) is 0. The van der Waals surface area contributed by atoms with E-state index in [0.717, 1.165) is 19.1 Å². The van der Waals surface area contributed by atoms with Crippen molar-refractivity contribution in [1.29, 1.82) is 0 Å². The number of ether oxygens (including phenoxy) is 1. The molecule has 21 heavy (non-hydrogen) atoms. The van der Waals surface area contributed by atoms with Gasteiger partial charge in [-0.3, -0.25) is 0 Å². The molecule has 3 atom stereocenters. The predicted molar refractivity (Wildman–Crippen MR) is 87.9 cm³/mol. The fourth-order valence-electron chi connectivity index (χ4n) is 4.05. The minimum atomic E-state index is 0.0746. The van der Waals surface area contributed by atoms with Crippen LogP contribution in [0.5, 0.6) is 0 Å². The Bertz CT molecular complexity index is 466. The number of methoxy groups -OCH3 is 1. The summed E-state index contributed by atoms with van der Waals surface area (Å²) in [5.41, 5.74) is 1.46. The number of hydrogen-bond acceptors (Lipinski definition) is 4. The normalized spacial score (nSPS) is 32.3. The van der Waals surface area contributed by atoms with Crippen LogP contribution >= 0.6 is 11.3 Å². The molecule has 0 spiro atoms. The van der Waals surface area contributed by atoms with Gasteiger partial charge in [0.05, 0.1) is 17.8 Å². The van der Waals surface area contributed by atoms with Crippen molar-refractivity contribution in [3.8, 4) is 0 Å². The minimum absolute atomic E-state index is 0.0746. The van der Waals surface area contributed by atoms with Crippen molar-refractivity contribution in [2.75, 3.05) is 20.3 Å². The van der Waals surface area contributed by atoms with E-state index >= 15 is 0 Å². The van der Waals surface area contributed by atoms with Crippen LogP contribution in [0.25, 0.3) is 0 Å². The van der Waals surface area contributed by atoms with Crippen LogP contribution in [-0.2, 0) is 23.1 Å². The van der Waals surface area contributed by atoms with Crippen molar-refractivity contribution in [1.82, 2.24) is 10.3 Å². The number of hydrogen-bond donors (Lipinski definition) is 1. The molecular weight excluding hydrogens is 280 g/mol. The van der Waals surface area contributed by atoms with Crippen LogP contribution in [0.2, 0.25) is 0 Å². The second-order valence-corrected chi connectivity index (χ2v) is 7.88. The van der Waals surface area contributed by atoms with Gasteiger partial charge in [0.1, 0.15) is 5.01 Å². The lowest BCUT2D eigenvalue weighted by Gasteiger charge is -2.45. The summed E-state index contributed by atoms with van der Waals surface area (Å²) >= 11 is 1.98. The molecule has 4 heteroatoms. The fraction of sp³-hybridized carbons (Fsp3) is 0.824. The second-order valence-electron chi connectivity index (χ2n) is 6.79. The molecule has 118 valence electrons. The monoisotopic (exact) mass is 308 g/mol. The molecule has 1 heterocycles. The summed E-state index contributed by atoms with van der Waals surface area (Å²) in [7, 11) is 1.78. The lowest BCUT2D eigenvalue weighted by atomic mass is 9.68. The van der Waals surface area contributed by atoms with Gasteiger partial charge in [0.25, 0.3) is 0 Å². The van der Waals surface area contributed by atoms with Gasteiger partial charge in [-0.05, 0) is 37.5 Å². The van der Waals surface area contributed by atoms with E-state index in [9.17, 15) is 0 Å². The van der Waals surface area contributed by atoms with Crippen LogP contribution in [0.4, 0.5) is 0 Å². The topological polar surface area (TPSA) is 34.1 Å². The van der Waals surface area contributed by atoms with Crippen LogP contribution < -0.4 is 5.32 Å². The highest BCUT2D eigenvalue weighted by atomic mass is 32.1. The molecule has 1 saturated carbocycles. The van der Waals surface area contributed by atoms with Gasteiger partial charge in [-0.2, -0.15) is 0 Å². The number of aromatic nitrogens is 1. The van der Waals surface area contributed by atoms with E-state index in [0.29, 0.717) is 5.92 Å². The van der Waals surface area contributed by atoms with E-state index in [1.807, 2.05) is 11.3 Å². The van der Waals surface area contributed by atoms with Gasteiger partial charge in [-0.1, -0.05) is 26.7 Å². The first-order valence-corrected chi connectivity index (χ1v) is 9.22. The summed E-state index contributed by atoms with van der Waals surface area (Å²) in [4.78, 5) is 6.61. The van der Waals surface area contributed by atoms with E-state index < -0.39 is 0 Å². The van der Waals surface area contributed by atoms with Gasteiger partial charge in [-0.25, -0.2) is 4.98 Å². The Labute approximate surface area is 132 Å². The zero-order valence-electron chi connectivity index (χ0n) is 13.6. The molecule has 0 amide bonds. The molecule has 1 N–H and O–H groups in total. The molecule has 1 aromatic heterocycles. The molecule has 0 aromatic carbocycles. The largest absolute Gasteiger partial charge is 0.383 e. The molecule has 3 nitrogen and oxygen atoms in total. The number of nitrogens with zero attached hydrogens (tertiary/aromatic N) is 1. The first kappa shape index (κ1) is 15.4. The van der Waals surface area contributed by atoms with Gasteiger partial charge >= 0.3 is 0 Å². The lowest BCUT2D eigenvalue weighted by Crippen LogP contribution is -2.52. The quantitative estimate of drug-likeness (QED) is 0.845. The molecule has 1 aromatic rings. The fourth-order valence-corrected chi connectivity index (χ4v) is 5.49. The maximum atomic E-state index is 5.26. The maximum Gasteiger partial charge on any atom is 0.114 e. The van der Waals surface area contributed by atoms with Crippen LogP contribution in [-0.4, -0.2) is 25.2 Å². The maximum absolute atomic E-state index is 5.26. The molecule has 2 aliphatic rings. The number of nitrogens with one attached hydrogen (secondary N) is 1. The highest BCUT2D eigenvalue weighted by Crippen LogP contribution is 2.46. The third-order valence-electron chi connectivity index (χ3n) is 5.59. The molecule has 3 rings (SSSR count). The molecule has 0 bridgehead atoms. The van der Waals surface area contributed by atoms with Crippen LogP contribution in [0.1, 0.15) is 55.1 Å². The van der Waals surface area contributed by atoms with Crippen LogP contribution in [0, 0.1) is 11.8 Å². The smallest absolute Gasteiger partial charge is 0.114 e. The molecular formula is C17H28N2OS. The molecule has 0 aliphatic heterocycles. The highest BCUT2D eigenvalue weighted by Gasteiger charge is 2.45. The van der Waals surface area contributed by atoms with E-state index in [-0.39, 0.29) is 5.54 Å². The van der Waals surface area contributed by atoms with Gasteiger partial charge in [0, 0.05) is 18.5 Å². The van der Waals surface area contributed by atoms with Crippen molar-refractivity contribution >= 4 is 11.3 Å². The summed E-state index contributed by atoms with van der Waals surface area (Å²) in [6.45, 7) is 6.50. The van der Waals surface area contributed by atoms with Gasteiger partial charge < -0.3 is 10.1 Å². The first-order valence-electron chi connectivity index (χ1n) is 8.40. The Morgan fingerprint density at radius 2 is 2.19 bits per heavy atom. The molecule has 1 fully saturated rings. The molecule has 0 saturated heterocycles. The average molecular weight is 308 g/mol. The predicted octanol–water partition coefficient (Wildman–Crippen LogP) is 3.52. The Balaban J connectivity index is 1.90. The van der Waals surface area contributed by atoms with E-state index in [1.54, 1.807) is 12.0 Å². The molecule has 2 aliphatic carbocycles. The standard InChI is InChI=1S/C17H28N2OS/c1-12-6-5-9-17(13(12)2,18-10-11-20-3)16-19-14-7-4-8-15(14)21-16/h12-13,18H,4-11H2,1-3H3. The molecule has 0 radical (unpaired) electrons. The highest BCUT2D eigenvalue weighted by molar-refractivity contribution is 7.12. The Kier molecular flexibility index (Phi) is 4.67. The SMILES string of the molecule is COCCNC1(c2nc3c(s2)CCC3)CCCC(C)C1C. The molecule has 3 unspecified atom stereocenters. The van der Waals surface area contributed by atoms with E-state index in [2.05, 4.69) is 19.2 Å². The van der Waals surface area contributed by atoms with Crippen LogP contribution in [0.15, 0.2) is 0 Å². The summed E-state index contributed by atoms with van der Waals surface area (Å²) in [6.07, 6.45) is 7.59. The van der Waals surface area contributed by atoms with Crippen LogP contribution in [0.3, 0.4) is 0 Å². The number of fused-ring (bicyclic) bond motifs is 1. The van der Waals surface area contributed by atoms with Crippen molar-refractivity contribution < 1.29 is 4.74 Å². The Morgan fingerprint density at radius 3 is 2.95 bits per heavy atom. The lowest BCUT2D eigenvalue weighted by molar-refractivity contribution is 0.0906. The number of aryl methyl sites for hydroxylation is 2. The van der Waals surface area contributed by atoms with Crippen molar-refractivity contribution in [2.24, 2.45) is 11.8 Å². The summed E-state index contributed by atoms with van der Waals surface area (Å²) < 4.78 is 5.26. The van der Waals surface area contributed by atoms with Crippen molar-refractivity contribution in [3.05, 3.63) is 15.6 Å². The Hall–Kier alpha value is -0.450. The summed E-state index contributed by atoms with van der Waals surface area (Å²) in [5.74, 6) is 1.39. The zero-order chi connectivity index (χ0) is 14.9. The summed E-state index contributed by atoms with van der Waals surface area (Å²) in [5, 5.41) is 5.19. The first-order chi connectivity index (χ1) is 10.2. The van der Waals surface area contributed by atoms with Gasteiger partial charge in [0.15, 0.2) is 0 Å². The van der Waals surface area contributed by atoms with Gasteiger partial charge in [0.2, 0.25) is 0 Å². The van der Waals surface area contributed by atoms with E-state index in [1.165, 1.54) is 49.2 Å². The van der Waals surface area contributed by atoms with Crippen molar-refractivity contribution in [3.63, 3.8) is 0 Å². The number of thiazole rings is 1.